The number of ether oxygens (including phenoxy) is 1. The Balaban J connectivity index is 2.59. The lowest BCUT2D eigenvalue weighted by Crippen LogP contribution is -2.40. The molecule has 2 atom stereocenters. The lowest BCUT2D eigenvalue weighted by Gasteiger charge is -2.09. The van der Waals surface area contributed by atoms with E-state index in [4.69, 9.17) is 5.11 Å². The summed E-state index contributed by atoms with van der Waals surface area (Å²) in [5, 5.41) is 11.4. The molecule has 2 N–H and O–H groups in total. The second kappa shape index (κ2) is 2.87. The number of rotatable bonds is 1. The molecule has 1 rings (SSSR count). The Kier molecular flexibility index (Phi) is 2.09. The van der Waals surface area contributed by atoms with Crippen LogP contribution in [0.15, 0.2) is 0 Å². The largest absolute Gasteiger partial charge is 0.467 e. The third-order valence-corrected chi connectivity index (χ3v) is 1.55. The molecule has 0 spiro atoms. The maximum Gasteiger partial charge on any atom is 0.331 e. The van der Waals surface area contributed by atoms with Crippen molar-refractivity contribution in [3.8, 4) is 0 Å². The summed E-state index contributed by atoms with van der Waals surface area (Å²) in [6, 6.07) is -0.882. The molecular formula is C6H9NO4. The highest BCUT2D eigenvalue weighted by atomic mass is 16.5. The number of hydrogen-bond acceptors (Lipinski definition) is 4. The zero-order valence-corrected chi connectivity index (χ0v) is 6.03. The minimum absolute atomic E-state index is 0.0280. The fraction of sp³-hybridized carbons (Fsp3) is 0.667. The summed E-state index contributed by atoms with van der Waals surface area (Å²) in [7, 11) is 1.21. The summed E-state index contributed by atoms with van der Waals surface area (Å²) < 4.78 is 4.34. The fourth-order valence-electron chi connectivity index (χ4n) is 0.979. The zero-order valence-electron chi connectivity index (χ0n) is 6.03. The van der Waals surface area contributed by atoms with Gasteiger partial charge in [0.05, 0.1) is 19.6 Å². The first-order valence-electron chi connectivity index (χ1n) is 3.20. The Morgan fingerprint density at radius 1 is 1.82 bits per heavy atom. The minimum Gasteiger partial charge on any atom is -0.467 e. The number of aliphatic hydroxyl groups excluding tert-OH is 1. The third-order valence-electron chi connectivity index (χ3n) is 1.55. The molecule has 0 aromatic heterocycles. The average molecular weight is 159 g/mol. The molecule has 0 radical (unpaired) electrons. The van der Waals surface area contributed by atoms with E-state index in [2.05, 4.69) is 10.1 Å². The van der Waals surface area contributed by atoms with Gasteiger partial charge in [0.1, 0.15) is 0 Å². The Labute approximate surface area is 63.3 Å². The number of aliphatic hydroxyl groups is 1. The van der Waals surface area contributed by atoms with Gasteiger partial charge in [-0.25, -0.2) is 4.79 Å². The van der Waals surface area contributed by atoms with Crippen molar-refractivity contribution in [2.45, 2.75) is 18.6 Å². The van der Waals surface area contributed by atoms with Crippen LogP contribution >= 0.6 is 0 Å². The van der Waals surface area contributed by atoms with Gasteiger partial charge in [0, 0.05) is 0 Å². The summed E-state index contributed by atoms with van der Waals surface area (Å²) in [6.45, 7) is 0. The van der Waals surface area contributed by atoms with Crippen molar-refractivity contribution in [1.82, 2.24) is 5.32 Å². The number of nitrogens with one attached hydrogen (secondary N) is 1. The lowest BCUT2D eigenvalue weighted by atomic mass is 10.2. The number of hydrogen-bond donors (Lipinski definition) is 2. The van der Waals surface area contributed by atoms with E-state index < -0.39 is 18.1 Å². The van der Waals surface area contributed by atoms with Gasteiger partial charge in [0.15, 0.2) is 6.04 Å². The number of esters is 1. The van der Waals surface area contributed by atoms with Crippen molar-refractivity contribution in [3.63, 3.8) is 0 Å². The molecule has 0 aromatic carbocycles. The molecule has 1 fully saturated rings. The van der Waals surface area contributed by atoms with Crippen LogP contribution in [0.5, 0.6) is 0 Å². The molecule has 1 aliphatic heterocycles. The van der Waals surface area contributed by atoms with Crippen molar-refractivity contribution in [2.24, 2.45) is 0 Å². The molecule has 1 saturated heterocycles. The van der Waals surface area contributed by atoms with E-state index in [0.29, 0.717) is 0 Å². The van der Waals surface area contributed by atoms with Gasteiger partial charge in [0.25, 0.3) is 0 Å². The second-order valence-corrected chi connectivity index (χ2v) is 2.34. The van der Waals surface area contributed by atoms with Crippen LogP contribution in [-0.4, -0.2) is 36.2 Å². The normalized spacial score (nSPS) is 29.8. The Morgan fingerprint density at radius 2 is 2.45 bits per heavy atom. The van der Waals surface area contributed by atoms with Crippen molar-refractivity contribution in [3.05, 3.63) is 0 Å². The highest BCUT2D eigenvalue weighted by molar-refractivity contribution is 5.89. The number of amides is 1. The van der Waals surface area contributed by atoms with Crippen LogP contribution in [0.4, 0.5) is 0 Å². The number of carbonyl (C=O) groups is 2. The van der Waals surface area contributed by atoms with Crippen LogP contribution in [0.25, 0.3) is 0 Å². The molecule has 11 heavy (non-hydrogen) atoms. The van der Waals surface area contributed by atoms with E-state index in [-0.39, 0.29) is 12.3 Å². The van der Waals surface area contributed by atoms with Crippen LogP contribution < -0.4 is 5.32 Å². The first kappa shape index (κ1) is 8.00. The smallest absolute Gasteiger partial charge is 0.331 e. The molecule has 0 bridgehead atoms. The van der Waals surface area contributed by atoms with Crippen molar-refractivity contribution < 1.29 is 19.4 Å². The molecule has 1 heterocycles. The zero-order chi connectivity index (χ0) is 8.43. The predicted octanol–water partition coefficient (Wildman–Crippen LogP) is -1.59. The highest BCUT2D eigenvalue weighted by Crippen LogP contribution is 2.08. The first-order chi connectivity index (χ1) is 5.15. The van der Waals surface area contributed by atoms with Crippen LogP contribution in [0, 0.1) is 0 Å². The molecule has 1 aliphatic rings. The minimum atomic E-state index is -0.949. The van der Waals surface area contributed by atoms with Crippen LogP contribution in [-0.2, 0) is 14.3 Å². The van der Waals surface area contributed by atoms with Gasteiger partial charge < -0.3 is 15.2 Å². The predicted molar refractivity (Wildman–Crippen MR) is 34.6 cm³/mol. The SMILES string of the molecule is COC(=O)[C@H]1NC(=O)C[C@H]1O. The van der Waals surface area contributed by atoms with E-state index in [9.17, 15) is 9.59 Å². The van der Waals surface area contributed by atoms with Gasteiger partial charge in [0.2, 0.25) is 5.91 Å². The maximum absolute atomic E-state index is 10.8. The third kappa shape index (κ3) is 1.48. The van der Waals surface area contributed by atoms with Gasteiger partial charge in [-0.3, -0.25) is 4.79 Å². The molecule has 5 nitrogen and oxygen atoms in total. The van der Waals surface area contributed by atoms with Crippen molar-refractivity contribution in [2.75, 3.05) is 7.11 Å². The molecule has 0 aromatic rings. The van der Waals surface area contributed by atoms with E-state index >= 15 is 0 Å². The molecule has 62 valence electrons. The summed E-state index contributed by atoms with van der Waals surface area (Å²) in [4.78, 5) is 21.4. The van der Waals surface area contributed by atoms with E-state index in [1.807, 2.05) is 0 Å². The number of carbonyl (C=O) groups excluding carboxylic acids is 2. The monoisotopic (exact) mass is 159 g/mol. The summed E-state index contributed by atoms with van der Waals surface area (Å²) in [5.74, 6) is -0.934. The molecular weight excluding hydrogens is 150 g/mol. The summed E-state index contributed by atoms with van der Waals surface area (Å²) >= 11 is 0. The molecule has 1 amide bonds. The Bertz CT molecular complexity index is 191. The summed E-state index contributed by atoms with van der Waals surface area (Å²) in [6.07, 6.45) is -0.977. The van der Waals surface area contributed by atoms with Gasteiger partial charge in [-0.05, 0) is 0 Å². The fourth-order valence-corrected chi connectivity index (χ4v) is 0.979. The van der Waals surface area contributed by atoms with Crippen LogP contribution in [0.2, 0.25) is 0 Å². The van der Waals surface area contributed by atoms with Gasteiger partial charge in [-0.2, -0.15) is 0 Å². The van der Waals surface area contributed by atoms with E-state index in [1.165, 1.54) is 7.11 Å². The number of methoxy groups -OCH3 is 1. The van der Waals surface area contributed by atoms with E-state index in [0.717, 1.165) is 0 Å². The molecule has 0 saturated carbocycles. The van der Waals surface area contributed by atoms with Crippen molar-refractivity contribution in [1.29, 1.82) is 0 Å². The van der Waals surface area contributed by atoms with Gasteiger partial charge >= 0.3 is 5.97 Å². The molecule has 5 heteroatoms. The topological polar surface area (TPSA) is 75.6 Å². The van der Waals surface area contributed by atoms with Crippen LogP contribution in [0.3, 0.4) is 0 Å². The Hall–Kier alpha value is -1.10. The van der Waals surface area contributed by atoms with Crippen molar-refractivity contribution >= 4 is 11.9 Å². The quantitative estimate of drug-likeness (QED) is 0.452. The maximum atomic E-state index is 10.8. The molecule has 0 aliphatic carbocycles. The summed E-state index contributed by atoms with van der Waals surface area (Å²) in [5.41, 5.74) is 0. The standard InChI is InChI=1S/C6H9NO4/c1-11-6(10)5-3(8)2-4(9)7-5/h3,5,8H,2H2,1H3,(H,7,9)/t3-,5+/m1/s1. The van der Waals surface area contributed by atoms with Gasteiger partial charge in [-0.15, -0.1) is 0 Å². The lowest BCUT2D eigenvalue weighted by molar-refractivity contribution is -0.145. The Morgan fingerprint density at radius 3 is 2.82 bits per heavy atom. The average Bonchev–Trinajstić information content (AvgIpc) is 2.28. The van der Waals surface area contributed by atoms with E-state index in [1.54, 1.807) is 0 Å². The van der Waals surface area contributed by atoms with Crippen LogP contribution in [0.1, 0.15) is 6.42 Å². The second-order valence-electron chi connectivity index (χ2n) is 2.34. The van der Waals surface area contributed by atoms with Gasteiger partial charge in [-0.1, -0.05) is 0 Å². The first-order valence-corrected chi connectivity index (χ1v) is 3.20. The highest BCUT2D eigenvalue weighted by Gasteiger charge is 2.36. The molecule has 0 unspecified atom stereocenters.